The van der Waals surface area contributed by atoms with Crippen LogP contribution in [0, 0.1) is 0 Å². The molecule has 0 bridgehead atoms. The van der Waals surface area contributed by atoms with Crippen LogP contribution in [0.15, 0.2) is 185 Å². The second-order valence-corrected chi connectivity index (χ2v) is 13.1. The summed E-state index contributed by atoms with van der Waals surface area (Å²) in [6, 6.07) is 59.5. The molecule has 0 saturated heterocycles. The van der Waals surface area contributed by atoms with Gasteiger partial charge < -0.3 is 0 Å². The summed E-state index contributed by atoms with van der Waals surface area (Å²) in [7, 11) is 0. The van der Waals surface area contributed by atoms with Crippen molar-refractivity contribution in [3.8, 4) is 55.9 Å². The first-order chi connectivity index (χ1) is 24.3. The molecule has 49 heavy (non-hydrogen) atoms. The number of benzene rings is 7. The second-order valence-electron chi connectivity index (χ2n) is 12.1. The van der Waals surface area contributed by atoms with E-state index in [1.54, 1.807) is 11.8 Å². The molecule has 1 aliphatic heterocycles. The number of para-hydroxylation sites is 3. The number of hydrogen-bond acceptors (Lipinski definition) is 4. The van der Waals surface area contributed by atoms with E-state index in [4.69, 9.17) is 15.0 Å². The summed E-state index contributed by atoms with van der Waals surface area (Å²) in [5, 5.41) is 0. The van der Waals surface area contributed by atoms with Gasteiger partial charge in [0, 0.05) is 32.7 Å². The van der Waals surface area contributed by atoms with E-state index >= 15 is 0 Å². The van der Waals surface area contributed by atoms with E-state index in [-0.39, 0.29) is 0 Å². The maximum absolute atomic E-state index is 5.13. The first-order valence-corrected chi connectivity index (χ1v) is 17.2. The molecule has 4 heteroatoms. The van der Waals surface area contributed by atoms with E-state index in [0.717, 1.165) is 55.9 Å². The highest BCUT2D eigenvalue weighted by molar-refractivity contribution is 7.99. The molecule has 8 aromatic rings. The van der Waals surface area contributed by atoms with Gasteiger partial charge in [0.2, 0.25) is 0 Å². The normalized spacial score (nSPS) is 11.9. The molecule has 0 N–H and O–H groups in total. The van der Waals surface area contributed by atoms with Crippen LogP contribution in [-0.2, 0) is 0 Å². The number of aromatic nitrogens is 2. The van der Waals surface area contributed by atoms with Crippen molar-refractivity contribution >= 4 is 34.7 Å². The van der Waals surface area contributed by atoms with Crippen LogP contribution in [-0.4, -0.2) is 16.2 Å². The Morgan fingerprint density at radius 2 is 0.816 bits per heavy atom. The van der Waals surface area contributed by atoms with Gasteiger partial charge in [-0.1, -0.05) is 151 Å². The van der Waals surface area contributed by atoms with Gasteiger partial charge in [0.05, 0.1) is 28.1 Å². The molecule has 3 nitrogen and oxygen atoms in total. The van der Waals surface area contributed by atoms with Crippen molar-refractivity contribution in [1.29, 1.82) is 0 Å². The van der Waals surface area contributed by atoms with Crippen LogP contribution in [0.3, 0.4) is 0 Å². The summed E-state index contributed by atoms with van der Waals surface area (Å²) >= 11 is 1.78. The van der Waals surface area contributed by atoms with E-state index in [1.807, 2.05) is 42.6 Å². The Labute approximate surface area is 289 Å². The molecule has 230 valence electrons. The first kappa shape index (κ1) is 29.1. The van der Waals surface area contributed by atoms with Crippen molar-refractivity contribution in [2.45, 2.75) is 9.79 Å². The molecule has 1 aromatic heterocycles. The fraction of sp³-hybridized carbons (Fsp3) is 0. The molecule has 0 saturated carbocycles. The van der Waals surface area contributed by atoms with Crippen LogP contribution in [0.5, 0.6) is 0 Å². The van der Waals surface area contributed by atoms with Gasteiger partial charge in [0.25, 0.3) is 0 Å². The van der Waals surface area contributed by atoms with Gasteiger partial charge in [-0.05, 0) is 63.7 Å². The minimum Gasteiger partial charge on any atom is -0.255 e. The van der Waals surface area contributed by atoms with Crippen molar-refractivity contribution in [2.75, 3.05) is 0 Å². The number of nitrogens with zero attached hydrogens (tertiary/aromatic N) is 3. The number of aliphatic imine (C=N–C) groups is 1. The Bertz CT molecular complexity index is 2490. The van der Waals surface area contributed by atoms with Crippen LogP contribution >= 0.6 is 11.8 Å². The van der Waals surface area contributed by atoms with Gasteiger partial charge in [-0.15, -0.1) is 0 Å². The molecule has 0 amide bonds. The number of fused-ring (bicyclic) bond motifs is 3. The van der Waals surface area contributed by atoms with Crippen LogP contribution in [0.2, 0.25) is 0 Å². The summed E-state index contributed by atoms with van der Waals surface area (Å²) in [4.78, 5) is 17.5. The molecule has 0 fully saturated rings. The Morgan fingerprint density at radius 1 is 0.347 bits per heavy atom. The standard InChI is InChI=1S/C45H29N3S/c1-2-9-30(10-3-1)31-19-25-35(26-20-31)44-45(48-40-13-5-4-12-39(40)47-44)36-27-21-33(22-28-36)32-17-23-34(24-18-32)37-11-8-16-42-38(37)29-46-41-14-6-7-15-43(41)49-42/h1-29H. The van der Waals surface area contributed by atoms with E-state index < -0.39 is 0 Å². The fourth-order valence-corrected chi connectivity index (χ4v) is 7.47. The molecular formula is C45H29N3S. The average molecular weight is 644 g/mol. The Hall–Kier alpha value is -6.10. The van der Waals surface area contributed by atoms with E-state index in [1.165, 1.54) is 32.0 Å². The summed E-state index contributed by atoms with van der Waals surface area (Å²) in [6.45, 7) is 0. The third-order valence-corrected chi connectivity index (χ3v) is 10.1. The lowest BCUT2D eigenvalue weighted by molar-refractivity contribution is 1.29. The van der Waals surface area contributed by atoms with E-state index in [0.29, 0.717) is 0 Å². The van der Waals surface area contributed by atoms with Crippen LogP contribution in [0.25, 0.3) is 66.9 Å². The SMILES string of the molecule is C1=Nc2ccccc2Sc2cccc(-c3ccc(-c4ccc(-c5nc6ccccc6nc5-c5ccc(-c6ccccc6)cc5)cc4)cc3)c21. The molecule has 7 aromatic carbocycles. The number of hydrogen-bond donors (Lipinski definition) is 0. The summed E-state index contributed by atoms with van der Waals surface area (Å²) < 4.78 is 0. The summed E-state index contributed by atoms with van der Waals surface area (Å²) in [5.74, 6) is 0. The van der Waals surface area contributed by atoms with Crippen LogP contribution < -0.4 is 0 Å². The summed E-state index contributed by atoms with van der Waals surface area (Å²) in [5.41, 5.74) is 14.8. The van der Waals surface area contributed by atoms with E-state index in [2.05, 4.69) is 133 Å². The molecule has 2 heterocycles. The van der Waals surface area contributed by atoms with Crippen molar-refractivity contribution in [1.82, 2.24) is 9.97 Å². The highest BCUT2D eigenvalue weighted by atomic mass is 32.2. The Kier molecular flexibility index (Phi) is 7.41. The predicted molar refractivity (Wildman–Crippen MR) is 205 cm³/mol. The Balaban J connectivity index is 1.03. The van der Waals surface area contributed by atoms with Crippen LogP contribution in [0.1, 0.15) is 5.56 Å². The summed E-state index contributed by atoms with van der Waals surface area (Å²) in [6.07, 6.45) is 2.01. The molecule has 0 radical (unpaired) electrons. The van der Waals surface area contributed by atoms with Gasteiger partial charge in [-0.2, -0.15) is 0 Å². The van der Waals surface area contributed by atoms with Gasteiger partial charge in [0.15, 0.2) is 0 Å². The second kappa shape index (κ2) is 12.5. The van der Waals surface area contributed by atoms with E-state index in [9.17, 15) is 0 Å². The average Bonchev–Trinajstić information content (AvgIpc) is 3.38. The third kappa shape index (κ3) is 5.62. The van der Waals surface area contributed by atoms with Crippen LogP contribution in [0.4, 0.5) is 5.69 Å². The van der Waals surface area contributed by atoms with Gasteiger partial charge in [-0.25, -0.2) is 9.97 Å². The predicted octanol–water partition coefficient (Wildman–Crippen LogP) is 12.2. The Morgan fingerprint density at radius 3 is 1.43 bits per heavy atom. The molecule has 9 rings (SSSR count). The zero-order chi connectivity index (χ0) is 32.6. The number of rotatable bonds is 5. The molecule has 0 aliphatic carbocycles. The molecule has 0 spiro atoms. The maximum Gasteiger partial charge on any atom is 0.0973 e. The minimum atomic E-state index is 0.875. The highest BCUT2D eigenvalue weighted by Crippen LogP contribution is 2.42. The first-order valence-electron chi connectivity index (χ1n) is 16.3. The zero-order valence-electron chi connectivity index (χ0n) is 26.5. The minimum absolute atomic E-state index is 0.875. The van der Waals surface area contributed by atoms with Gasteiger partial charge in [-0.3, -0.25) is 4.99 Å². The van der Waals surface area contributed by atoms with Crippen molar-refractivity contribution in [2.24, 2.45) is 4.99 Å². The van der Waals surface area contributed by atoms with Gasteiger partial charge >= 0.3 is 0 Å². The monoisotopic (exact) mass is 643 g/mol. The molecule has 0 atom stereocenters. The largest absolute Gasteiger partial charge is 0.255 e. The lowest BCUT2D eigenvalue weighted by atomic mass is 9.96. The van der Waals surface area contributed by atoms with Crippen molar-refractivity contribution in [3.05, 3.63) is 175 Å². The zero-order valence-corrected chi connectivity index (χ0v) is 27.3. The topological polar surface area (TPSA) is 38.1 Å². The lowest BCUT2D eigenvalue weighted by Crippen LogP contribution is -1.95. The van der Waals surface area contributed by atoms with Crippen molar-refractivity contribution in [3.63, 3.8) is 0 Å². The third-order valence-electron chi connectivity index (χ3n) is 9.01. The van der Waals surface area contributed by atoms with Gasteiger partial charge in [0.1, 0.15) is 0 Å². The maximum atomic E-state index is 5.13. The van der Waals surface area contributed by atoms with Crippen molar-refractivity contribution < 1.29 is 0 Å². The fourth-order valence-electron chi connectivity index (χ4n) is 6.44. The molecular weight excluding hydrogens is 615 g/mol. The molecule has 0 unspecified atom stereocenters. The lowest BCUT2D eigenvalue weighted by Gasteiger charge is -2.13. The highest BCUT2D eigenvalue weighted by Gasteiger charge is 2.16. The molecule has 1 aliphatic rings. The smallest absolute Gasteiger partial charge is 0.0973 e. The quantitative estimate of drug-likeness (QED) is 0.187.